The smallest absolute Gasteiger partial charge is 0.391 e. The van der Waals surface area contributed by atoms with Crippen molar-refractivity contribution in [1.29, 1.82) is 0 Å². The highest BCUT2D eigenvalue weighted by molar-refractivity contribution is 5.63. The number of halogens is 6. The van der Waals surface area contributed by atoms with Crippen molar-refractivity contribution < 1.29 is 36.2 Å². The largest absolute Gasteiger partial charge is 0.412 e. The molecule has 0 amide bonds. The molecule has 0 fully saturated rings. The normalized spacial score (nSPS) is 16.4. The Kier molecular flexibility index (Phi) is 4.02. The second kappa shape index (κ2) is 4.23. The summed E-state index contributed by atoms with van der Waals surface area (Å²) >= 11 is 0. The molecule has 96 valence electrons. The van der Waals surface area contributed by atoms with Crippen molar-refractivity contribution in [1.82, 2.24) is 0 Å². The summed E-state index contributed by atoms with van der Waals surface area (Å²) in [5.41, 5.74) is -4.73. The molecule has 0 rings (SSSR count). The molecular weight excluding hydrogens is 242 g/mol. The van der Waals surface area contributed by atoms with E-state index < -0.39 is 36.1 Å². The Bertz CT molecular complexity index is 240. The highest BCUT2D eigenvalue weighted by atomic mass is 19.4. The average Bonchev–Trinajstić information content (AvgIpc) is 2.00. The zero-order valence-electron chi connectivity index (χ0n) is 8.36. The van der Waals surface area contributed by atoms with Gasteiger partial charge in [0.1, 0.15) is 6.29 Å². The molecule has 0 heterocycles. The number of rotatable bonds is 3. The Morgan fingerprint density at radius 3 is 1.38 bits per heavy atom. The zero-order valence-corrected chi connectivity index (χ0v) is 8.36. The summed E-state index contributed by atoms with van der Waals surface area (Å²) in [7, 11) is 0. The Labute approximate surface area is 87.2 Å². The van der Waals surface area contributed by atoms with Crippen LogP contribution in [-0.4, -0.2) is 29.8 Å². The number of carbonyl (C=O) groups excluding carboxylic acids is 1. The Balaban J connectivity index is 5.78. The van der Waals surface area contributed by atoms with Gasteiger partial charge in [-0.25, -0.2) is 0 Å². The van der Waals surface area contributed by atoms with Crippen LogP contribution in [0, 0.1) is 11.3 Å². The van der Waals surface area contributed by atoms with E-state index in [2.05, 4.69) is 0 Å². The van der Waals surface area contributed by atoms with Gasteiger partial charge in [-0.1, -0.05) is 13.8 Å². The SMILES string of the molecule is CC(C)C(O)C(C=O)(C(F)(F)F)C(F)(F)F. The van der Waals surface area contributed by atoms with Gasteiger partial charge >= 0.3 is 12.4 Å². The first-order chi connectivity index (χ1) is 6.91. The van der Waals surface area contributed by atoms with Gasteiger partial charge in [0.25, 0.3) is 0 Å². The maximum Gasteiger partial charge on any atom is 0.412 e. The first kappa shape index (κ1) is 15.2. The Hall–Kier alpha value is -0.790. The molecule has 1 atom stereocenters. The Morgan fingerprint density at radius 2 is 1.31 bits per heavy atom. The second-order valence-electron chi connectivity index (χ2n) is 3.67. The van der Waals surface area contributed by atoms with Crippen LogP contribution in [0.5, 0.6) is 0 Å². The fraction of sp³-hybridized carbons (Fsp3) is 0.875. The first-order valence-electron chi connectivity index (χ1n) is 4.19. The fourth-order valence-electron chi connectivity index (χ4n) is 1.23. The first-order valence-corrected chi connectivity index (χ1v) is 4.19. The molecule has 0 aromatic rings. The molecule has 0 bridgehead atoms. The number of alkyl halides is 6. The molecule has 0 saturated carbocycles. The summed E-state index contributed by atoms with van der Waals surface area (Å²) in [5.74, 6) is -1.37. The highest BCUT2D eigenvalue weighted by Crippen LogP contribution is 2.52. The van der Waals surface area contributed by atoms with E-state index in [1.807, 2.05) is 0 Å². The molecule has 16 heavy (non-hydrogen) atoms. The minimum absolute atomic E-state index is 0.959. The number of aliphatic hydroxyl groups is 1. The minimum Gasteiger partial charge on any atom is -0.391 e. The minimum atomic E-state index is -5.89. The molecule has 8 heteroatoms. The third kappa shape index (κ3) is 2.16. The lowest BCUT2D eigenvalue weighted by molar-refractivity contribution is -0.347. The van der Waals surface area contributed by atoms with E-state index in [1.54, 1.807) is 0 Å². The maximum absolute atomic E-state index is 12.4. The number of aliphatic hydroxyl groups excluding tert-OH is 1. The van der Waals surface area contributed by atoms with Gasteiger partial charge in [0.15, 0.2) is 0 Å². The lowest BCUT2D eigenvalue weighted by atomic mass is 9.77. The monoisotopic (exact) mass is 252 g/mol. The van der Waals surface area contributed by atoms with Crippen LogP contribution in [0.15, 0.2) is 0 Å². The van der Waals surface area contributed by atoms with Crippen molar-refractivity contribution in [2.45, 2.75) is 32.3 Å². The van der Waals surface area contributed by atoms with Crippen LogP contribution >= 0.6 is 0 Å². The van der Waals surface area contributed by atoms with Crippen LogP contribution in [0.3, 0.4) is 0 Å². The molecule has 0 aromatic carbocycles. The van der Waals surface area contributed by atoms with Crippen molar-refractivity contribution in [2.75, 3.05) is 0 Å². The maximum atomic E-state index is 12.4. The van der Waals surface area contributed by atoms with E-state index in [1.165, 1.54) is 0 Å². The molecule has 0 aliphatic heterocycles. The molecule has 0 radical (unpaired) electrons. The van der Waals surface area contributed by atoms with Gasteiger partial charge in [0.2, 0.25) is 5.41 Å². The van der Waals surface area contributed by atoms with Gasteiger partial charge in [-0.05, 0) is 5.92 Å². The molecule has 0 aromatic heterocycles. The molecule has 1 N–H and O–H groups in total. The van der Waals surface area contributed by atoms with E-state index in [0.717, 1.165) is 13.8 Å². The van der Waals surface area contributed by atoms with Gasteiger partial charge < -0.3 is 9.90 Å². The summed E-state index contributed by atoms with van der Waals surface area (Å²) in [6.07, 6.45) is -15.9. The van der Waals surface area contributed by atoms with E-state index in [4.69, 9.17) is 5.11 Å². The summed E-state index contributed by atoms with van der Waals surface area (Å²) < 4.78 is 74.2. The van der Waals surface area contributed by atoms with Gasteiger partial charge in [0.05, 0.1) is 6.10 Å². The zero-order chi connectivity index (χ0) is 13.4. The van der Waals surface area contributed by atoms with E-state index >= 15 is 0 Å². The molecule has 2 nitrogen and oxygen atoms in total. The average molecular weight is 252 g/mol. The van der Waals surface area contributed by atoms with E-state index in [0.29, 0.717) is 0 Å². The second-order valence-corrected chi connectivity index (χ2v) is 3.67. The van der Waals surface area contributed by atoms with Crippen molar-refractivity contribution in [2.24, 2.45) is 11.3 Å². The van der Waals surface area contributed by atoms with E-state index in [-0.39, 0.29) is 0 Å². The van der Waals surface area contributed by atoms with Crippen LogP contribution < -0.4 is 0 Å². The molecule has 0 spiro atoms. The van der Waals surface area contributed by atoms with Gasteiger partial charge in [-0.15, -0.1) is 0 Å². The van der Waals surface area contributed by atoms with Crippen LogP contribution in [0.25, 0.3) is 0 Å². The molecule has 0 saturated heterocycles. The predicted octanol–water partition coefficient (Wildman–Crippen LogP) is 2.31. The van der Waals surface area contributed by atoms with Gasteiger partial charge in [-0.3, -0.25) is 0 Å². The number of aldehydes is 1. The van der Waals surface area contributed by atoms with E-state index in [9.17, 15) is 31.1 Å². The summed E-state index contributed by atoms with van der Waals surface area (Å²) in [4.78, 5) is 10.3. The summed E-state index contributed by atoms with van der Waals surface area (Å²) in [6.45, 7) is 1.92. The van der Waals surface area contributed by atoms with Crippen LogP contribution in [0.2, 0.25) is 0 Å². The molecule has 0 aliphatic rings. The van der Waals surface area contributed by atoms with Crippen LogP contribution in [-0.2, 0) is 4.79 Å². The topological polar surface area (TPSA) is 37.3 Å². The third-order valence-corrected chi connectivity index (χ3v) is 2.22. The predicted molar refractivity (Wildman–Crippen MR) is 41.5 cm³/mol. The van der Waals surface area contributed by atoms with Crippen molar-refractivity contribution in [3.8, 4) is 0 Å². The third-order valence-electron chi connectivity index (χ3n) is 2.22. The number of carbonyl (C=O) groups is 1. The lowest BCUT2D eigenvalue weighted by Gasteiger charge is -2.37. The number of hydrogen-bond acceptors (Lipinski definition) is 2. The fourth-order valence-corrected chi connectivity index (χ4v) is 1.23. The van der Waals surface area contributed by atoms with Crippen molar-refractivity contribution in [3.63, 3.8) is 0 Å². The standard InChI is InChI=1S/C8H10F6O2/c1-4(2)5(16)6(3-15,7(9,10)11)8(12,13)14/h3-5,16H,1-2H3. The molecular formula is C8H10F6O2. The summed E-state index contributed by atoms with van der Waals surface area (Å²) in [5, 5.41) is 9.04. The number of hydrogen-bond donors (Lipinski definition) is 1. The Morgan fingerprint density at radius 1 is 1.00 bits per heavy atom. The lowest BCUT2D eigenvalue weighted by Crippen LogP contribution is -2.60. The highest BCUT2D eigenvalue weighted by Gasteiger charge is 2.75. The molecule has 0 aliphatic carbocycles. The molecule has 1 unspecified atom stereocenters. The van der Waals surface area contributed by atoms with Gasteiger partial charge in [-0.2, -0.15) is 26.3 Å². The van der Waals surface area contributed by atoms with Crippen LogP contribution in [0.1, 0.15) is 13.8 Å². The quantitative estimate of drug-likeness (QED) is 0.618. The van der Waals surface area contributed by atoms with Crippen LogP contribution in [0.4, 0.5) is 26.3 Å². The van der Waals surface area contributed by atoms with Gasteiger partial charge in [0, 0.05) is 0 Å². The van der Waals surface area contributed by atoms with Crippen molar-refractivity contribution in [3.05, 3.63) is 0 Å². The van der Waals surface area contributed by atoms with Crippen molar-refractivity contribution >= 4 is 6.29 Å². The summed E-state index contributed by atoms with van der Waals surface area (Å²) in [6, 6.07) is 0.